The molecule has 5 nitrogen and oxygen atoms in total. The zero-order valence-electron chi connectivity index (χ0n) is 18.0. The molecule has 0 radical (unpaired) electrons. The molecule has 2 aromatic rings. The Bertz CT molecular complexity index is 723. The van der Waals surface area contributed by atoms with E-state index in [-0.39, 0.29) is 0 Å². The lowest BCUT2D eigenvalue weighted by Crippen LogP contribution is -2.49. The predicted octanol–water partition coefficient (Wildman–Crippen LogP) is 3.79. The van der Waals surface area contributed by atoms with Crippen molar-refractivity contribution in [3.63, 3.8) is 0 Å². The van der Waals surface area contributed by atoms with E-state index in [9.17, 15) is 0 Å². The molecule has 29 heavy (non-hydrogen) atoms. The Morgan fingerprint density at radius 3 is 2.62 bits per heavy atom. The van der Waals surface area contributed by atoms with Crippen molar-refractivity contribution in [2.75, 3.05) is 38.6 Å². The molecule has 1 fully saturated rings. The second-order valence-electron chi connectivity index (χ2n) is 7.89. The maximum absolute atomic E-state index is 4.43. The number of nitrogens with zero attached hydrogens (tertiary/aromatic N) is 3. The molecule has 6 heteroatoms. The van der Waals surface area contributed by atoms with E-state index < -0.39 is 0 Å². The number of anilines is 1. The van der Waals surface area contributed by atoms with Gasteiger partial charge in [-0.25, -0.2) is 0 Å². The van der Waals surface area contributed by atoms with Gasteiger partial charge < -0.3 is 15.5 Å². The summed E-state index contributed by atoms with van der Waals surface area (Å²) in [6.45, 7) is 6.42. The van der Waals surface area contributed by atoms with Gasteiger partial charge in [-0.1, -0.05) is 30.3 Å². The van der Waals surface area contributed by atoms with Crippen LogP contribution < -0.4 is 15.5 Å². The third-order valence-corrected chi connectivity index (χ3v) is 6.69. The first kappa shape index (κ1) is 21.7. The Kier molecular flexibility index (Phi) is 8.38. The Morgan fingerprint density at radius 2 is 1.97 bits per heavy atom. The minimum absolute atomic E-state index is 0.496. The van der Waals surface area contributed by atoms with Crippen LogP contribution in [-0.2, 0) is 6.54 Å². The third-order valence-electron chi connectivity index (χ3n) is 5.76. The number of benzene rings is 1. The molecule has 1 aromatic carbocycles. The Labute approximate surface area is 179 Å². The lowest BCUT2D eigenvalue weighted by Gasteiger charge is -2.33. The summed E-state index contributed by atoms with van der Waals surface area (Å²) < 4.78 is 0. The SMILES string of the molecule is CN=C(NCCC(C)N(C)Cc1ccccc1)NC1CCN(c2cccs2)CC1. The van der Waals surface area contributed by atoms with E-state index >= 15 is 0 Å². The molecule has 0 aliphatic carbocycles. The summed E-state index contributed by atoms with van der Waals surface area (Å²) in [4.78, 5) is 9.33. The molecular formula is C23H35N5S. The number of piperidine rings is 1. The van der Waals surface area contributed by atoms with Crippen LogP contribution in [0.15, 0.2) is 52.8 Å². The van der Waals surface area contributed by atoms with E-state index in [0.29, 0.717) is 12.1 Å². The molecule has 0 amide bonds. The van der Waals surface area contributed by atoms with Gasteiger partial charge in [0.05, 0.1) is 5.00 Å². The van der Waals surface area contributed by atoms with Crippen molar-refractivity contribution in [1.29, 1.82) is 0 Å². The molecule has 0 spiro atoms. The highest BCUT2D eigenvalue weighted by Gasteiger charge is 2.20. The maximum atomic E-state index is 4.43. The fourth-order valence-electron chi connectivity index (χ4n) is 3.73. The van der Waals surface area contributed by atoms with Crippen LogP contribution >= 0.6 is 11.3 Å². The van der Waals surface area contributed by atoms with Gasteiger partial charge >= 0.3 is 0 Å². The Balaban J connectivity index is 1.35. The minimum Gasteiger partial charge on any atom is -0.363 e. The van der Waals surface area contributed by atoms with Gasteiger partial charge in [-0.15, -0.1) is 11.3 Å². The summed E-state index contributed by atoms with van der Waals surface area (Å²) in [5.41, 5.74) is 1.36. The number of rotatable bonds is 8. The van der Waals surface area contributed by atoms with Crippen LogP contribution in [-0.4, -0.2) is 56.7 Å². The van der Waals surface area contributed by atoms with Crippen molar-refractivity contribution in [3.8, 4) is 0 Å². The van der Waals surface area contributed by atoms with Crippen LogP contribution in [0.1, 0.15) is 31.7 Å². The standard InChI is InChI=1S/C23H35N5S/c1-19(27(3)18-20-8-5-4-6-9-20)11-14-25-23(24-2)26-21-12-15-28(16-13-21)22-10-7-17-29-22/h4-10,17,19,21H,11-16,18H2,1-3H3,(H2,24,25,26). The van der Waals surface area contributed by atoms with Crippen LogP contribution in [0.25, 0.3) is 0 Å². The van der Waals surface area contributed by atoms with Crippen LogP contribution in [0.4, 0.5) is 5.00 Å². The fourth-order valence-corrected chi connectivity index (χ4v) is 4.51. The average molecular weight is 414 g/mol. The molecule has 2 N–H and O–H groups in total. The zero-order chi connectivity index (χ0) is 20.5. The van der Waals surface area contributed by atoms with Crippen molar-refractivity contribution in [1.82, 2.24) is 15.5 Å². The fraction of sp³-hybridized carbons (Fsp3) is 0.522. The molecule has 2 heterocycles. The second kappa shape index (κ2) is 11.2. The van der Waals surface area contributed by atoms with Crippen molar-refractivity contribution in [2.24, 2.45) is 4.99 Å². The number of nitrogens with one attached hydrogen (secondary N) is 2. The molecule has 0 bridgehead atoms. The van der Waals surface area contributed by atoms with E-state index in [2.05, 4.69) is 87.2 Å². The first-order valence-corrected chi connectivity index (χ1v) is 11.5. The summed E-state index contributed by atoms with van der Waals surface area (Å²) in [6, 6.07) is 16.0. The first-order valence-electron chi connectivity index (χ1n) is 10.7. The van der Waals surface area contributed by atoms with Crippen LogP contribution in [0.3, 0.4) is 0 Å². The number of aliphatic imine (C=N–C) groups is 1. The Morgan fingerprint density at radius 1 is 1.21 bits per heavy atom. The minimum atomic E-state index is 0.496. The molecule has 1 aliphatic heterocycles. The first-order chi connectivity index (χ1) is 14.2. The third kappa shape index (κ3) is 6.75. The smallest absolute Gasteiger partial charge is 0.191 e. The molecule has 158 valence electrons. The topological polar surface area (TPSA) is 42.9 Å². The van der Waals surface area contributed by atoms with Crippen LogP contribution in [0.2, 0.25) is 0 Å². The highest BCUT2D eigenvalue weighted by Crippen LogP contribution is 2.24. The van der Waals surface area contributed by atoms with Crippen molar-refractivity contribution >= 4 is 22.3 Å². The van der Waals surface area contributed by atoms with E-state index in [1.54, 1.807) is 0 Å². The molecule has 1 atom stereocenters. The molecule has 0 saturated carbocycles. The van der Waals surface area contributed by atoms with Gasteiger partial charge in [0.2, 0.25) is 0 Å². The molecule has 1 aromatic heterocycles. The largest absolute Gasteiger partial charge is 0.363 e. The Hall–Kier alpha value is -2.05. The van der Waals surface area contributed by atoms with Gasteiger partial charge in [0.1, 0.15) is 0 Å². The summed E-state index contributed by atoms with van der Waals surface area (Å²) in [5, 5.41) is 10.7. The summed E-state index contributed by atoms with van der Waals surface area (Å²) >= 11 is 1.83. The van der Waals surface area contributed by atoms with Gasteiger partial charge in [0.15, 0.2) is 5.96 Å². The number of hydrogen-bond donors (Lipinski definition) is 2. The molecule has 1 unspecified atom stereocenters. The monoisotopic (exact) mass is 413 g/mol. The van der Waals surface area contributed by atoms with Gasteiger partial charge in [-0.05, 0) is 56.3 Å². The number of hydrogen-bond acceptors (Lipinski definition) is 4. The van der Waals surface area contributed by atoms with Crippen molar-refractivity contribution in [2.45, 2.75) is 44.8 Å². The highest BCUT2D eigenvalue weighted by molar-refractivity contribution is 7.14. The second-order valence-corrected chi connectivity index (χ2v) is 8.82. The highest BCUT2D eigenvalue weighted by atomic mass is 32.1. The molecular weight excluding hydrogens is 378 g/mol. The summed E-state index contributed by atoms with van der Waals surface area (Å²) in [5.74, 6) is 0.928. The van der Waals surface area contributed by atoms with Gasteiger partial charge in [0.25, 0.3) is 0 Å². The van der Waals surface area contributed by atoms with Crippen LogP contribution in [0.5, 0.6) is 0 Å². The van der Waals surface area contributed by atoms with Crippen molar-refractivity contribution < 1.29 is 0 Å². The number of thiophene rings is 1. The van der Waals surface area contributed by atoms with E-state index in [1.807, 2.05) is 18.4 Å². The zero-order valence-corrected chi connectivity index (χ0v) is 18.8. The molecule has 3 rings (SSSR count). The quantitative estimate of drug-likeness (QED) is 0.510. The van der Waals surface area contributed by atoms with E-state index in [4.69, 9.17) is 0 Å². The van der Waals surface area contributed by atoms with E-state index in [1.165, 1.54) is 10.6 Å². The van der Waals surface area contributed by atoms with Gasteiger partial charge in [-0.3, -0.25) is 9.89 Å². The predicted molar refractivity (Wildman–Crippen MR) is 126 cm³/mol. The maximum Gasteiger partial charge on any atom is 0.191 e. The number of guanidine groups is 1. The lowest BCUT2D eigenvalue weighted by molar-refractivity contribution is 0.238. The van der Waals surface area contributed by atoms with Gasteiger partial charge in [-0.2, -0.15) is 0 Å². The van der Waals surface area contributed by atoms with Gasteiger partial charge in [0, 0.05) is 45.3 Å². The van der Waals surface area contributed by atoms with Crippen molar-refractivity contribution in [3.05, 3.63) is 53.4 Å². The molecule has 1 saturated heterocycles. The lowest BCUT2D eigenvalue weighted by atomic mass is 10.1. The summed E-state index contributed by atoms with van der Waals surface area (Å²) in [6.07, 6.45) is 3.38. The average Bonchev–Trinajstić information content (AvgIpc) is 3.29. The van der Waals surface area contributed by atoms with E-state index in [0.717, 1.165) is 51.4 Å². The van der Waals surface area contributed by atoms with Crippen LogP contribution in [0, 0.1) is 0 Å². The normalized spacial score (nSPS) is 16.8. The molecule has 1 aliphatic rings. The summed E-state index contributed by atoms with van der Waals surface area (Å²) in [7, 11) is 4.06.